The smallest absolute Gasteiger partial charge is 0.0962 e. The van der Waals surface area contributed by atoms with Crippen molar-refractivity contribution in [1.82, 2.24) is 9.88 Å². The minimum atomic E-state index is 0.509. The van der Waals surface area contributed by atoms with Gasteiger partial charge in [0, 0.05) is 24.0 Å². The van der Waals surface area contributed by atoms with Crippen molar-refractivity contribution in [3.8, 4) is 0 Å². The van der Waals surface area contributed by atoms with Crippen molar-refractivity contribution in [3.63, 3.8) is 0 Å². The van der Waals surface area contributed by atoms with Crippen LogP contribution in [-0.2, 0) is 6.54 Å². The average molecular weight is 327 g/mol. The summed E-state index contributed by atoms with van der Waals surface area (Å²) in [6.07, 6.45) is 5.96. The van der Waals surface area contributed by atoms with Gasteiger partial charge in [-0.05, 0) is 36.6 Å². The largest absolute Gasteiger partial charge is 0.292 e. The lowest BCUT2D eigenvalue weighted by molar-refractivity contribution is 0.140. The normalized spacial score (nSPS) is 19.2. The third-order valence-electron chi connectivity index (χ3n) is 4.34. The molecule has 23 heavy (non-hydrogen) atoms. The number of rotatable bonds is 5. The van der Waals surface area contributed by atoms with Crippen LogP contribution in [0.15, 0.2) is 53.7 Å². The van der Waals surface area contributed by atoms with Crippen molar-refractivity contribution in [2.24, 2.45) is 0 Å². The molecule has 0 saturated carbocycles. The Morgan fingerprint density at radius 2 is 1.96 bits per heavy atom. The van der Waals surface area contributed by atoms with Gasteiger partial charge in [-0.3, -0.25) is 4.90 Å². The van der Waals surface area contributed by atoms with E-state index in [1.807, 2.05) is 11.8 Å². The Kier molecular flexibility index (Phi) is 5.74. The lowest BCUT2D eigenvalue weighted by Crippen LogP contribution is -2.33. The van der Waals surface area contributed by atoms with Gasteiger partial charge in [-0.15, -0.1) is 11.8 Å². The molecule has 2 nitrogen and oxygen atoms in total. The monoisotopic (exact) mass is 326 g/mol. The Morgan fingerprint density at radius 3 is 2.65 bits per heavy atom. The highest BCUT2D eigenvalue weighted by atomic mass is 32.2. The highest BCUT2D eigenvalue weighted by Gasteiger charge is 2.24. The van der Waals surface area contributed by atoms with Crippen LogP contribution in [0.1, 0.15) is 50.3 Å². The van der Waals surface area contributed by atoms with E-state index in [9.17, 15) is 0 Å². The summed E-state index contributed by atoms with van der Waals surface area (Å²) in [4.78, 5) is 7.29. The fourth-order valence-electron chi connectivity index (χ4n) is 3.28. The van der Waals surface area contributed by atoms with Gasteiger partial charge in [-0.2, -0.15) is 0 Å². The molecule has 0 bridgehead atoms. The first-order chi connectivity index (χ1) is 11.2. The predicted octanol–water partition coefficient (Wildman–Crippen LogP) is 5.31. The van der Waals surface area contributed by atoms with Crippen LogP contribution in [0.2, 0.25) is 0 Å². The summed E-state index contributed by atoms with van der Waals surface area (Å²) in [6, 6.07) is 15.8. The van der Waals surface area contributed by atoms with Crippen LogP contribution in [0.4, 0.5) is 0 Å². The van der Waals surface area contributed by atoms with Gasteiger partial charge in [0.1, 0.15) is 0 Å². The fraction of sp³-hybridized carbons (Fsp3) is 0.450. The summed E-state index contributed by atoms with van der Waals surface area (Å²) in [5.41, 5.74) is 2.77. The van der Waals surface area contributed by atoms with Crippen LogP contribution >= 0.6 is 11.8 Å². The van der Waals surface area contributed by atoms with E-state index in [0.717, 1.165) is 11.6 Å². The van der Waals surface area contributed by atoms with Crippen molar-refractivity contribution in [3.05, 3.63) is 59.8 Å². The number of hydrogen-bond donors (Lipinski definition) is 0. The lowest BCUT2D eigenvalue weighted by atomic mass is 9.96. The number of likely N-dealkylation sites (tertiary alicyclic amines) is 1. The Labute approximate surface area is 144 Å². The second-order valence-electron chi connectivity index (χ2n) is 6.56. The van der Waals surface area contributed by atoms with Crippen LogP contribution in [0.5, 0.6) is 0 Å². The molecule has 1 fully saturated rings. The molecule has 3 rings (SSSR count). The van der Waals surface area contributed by atoms with Crippen LogP contribution in [0.25, 0.3) is 0 Å². The molecule has 3 heteroatoms. The minimum absolute atomic E-state index is 0.509. The number of nitrogens with zero attached hydrogens (tertiary/aromatic N) is 2. The predicted molar refractivity (Wildman–Crippen MR) is 98.7 cm³/mol. The number of pyridine rings is 1. The molecule has 1 aliphatic rings. The molecular weight excluding hydrogens is 300 g/mol. The second-order valence-corrected chi connectivity index (χ2v) is 8.16. The van der Waals surface area contributed by atoms with Crippen LogP contribution in [0.3, 0.4) is 0 Å². The molecule has 0 N–H and O–H groups in total. The van der Waals surface area contributed by atoms with E-state index in [4.69, 9.17) is 0 Å². The van der Waals surface area contributed by atoms with Crippen LogP contribution in [-0.4, -0.2) is 21.7 Å². The highest BCUT2D eigenvalue weighted by molar-refractivity contribution is 7.99. The van der Waals surface area contributed by atoms with Gasteiger partial charge in [-0.25, -0.2) is 4.98 Å². The minimum Gasteiger partial charge on any atom is -0.292 e. The van der Waals surface area contributed by atoms with Gasteiger partial charge in [0.25, 0.3) is 0 Å². The average Bonchev–Trinajstić information content (AvgIpc) is 2.57. The van der Waals surface area contributed by atoms with Crippen molar-refractivity contribution in [2.45, 2.75) is 56.0 Å². The van der Waals surface area contributed by atoms with Gasteiger partial charge >= 0.3 is 0 Å². The summed E-state index contributed by atoms with van der Waals surface area (Å²) < 4.78 is 0. The molecule has 0 amide bonds. The van der Waals surface area contributed by atoms with E-state index < -0.39 is 0 Å². The van der Waals surface area contributed by atoms with Crippen molar-refractivity contribution < 1.29 is 0 Å². The quantitative estimate of drug-likeness (QED) is 0.693. The first kappa shape index (κ1) is 16.5. The van der Waals surface area contributed by atoms with Crippen molar-refractivity contribution in [1.29, 1.82) is 0 Å². The van der Waals surface area contributed by atoms with Crippen LogP contribution < -0.4 is 0 Å². The van der Waals surface area contributed by atoms with E-state index in [1.54, 1.807) is 0 Å². The molecule has 2 heterocycles. The summed E-state index contributed by atoms with van der Waals surface area (Å²) >= 11 is 1.83. The topological polar surface area (TPSA) is 16.1 Å². The molecule has 1 aromatic heterocycles. The highest BCUT2D eigenvalue weighted by Crippen LogP contribution is 2.32. The molecule has 1 saturated heterocycles. The van der Waals surface area contributed by atoms with Gasteiger partial charge < -0.3 is 0 Å². The molecule has 1 atom stereocenters. The summed E-state index contributed by atoms with van der Waals surface area (Å²) in [7, 11) is 0. The first-order valence-electron chi connectivity index (χ1n) is 8.63. The Morgan fingerprint density at radius 1 is 1.13 bits per heavy atom. The zero-order chi connectivity index (χ0) is 16.1. The zero-order valence-electron chi connectivity index (χ0n) is 14.1. The second kappa shape index (κ2) is 7.98. The number of hydrogen-bond acceptors (Lipinski definition) is 3. The number of piperidine rings is 1. The molecule has 1 aromatic carbocycles. The van der Waals surface area contributed by atoms with E-state index in [2.05, 4.69) is 72.4 Å². The summed E-state index contributed by atoms with van der Waals surface area (Å²) in [5.74, 6) is 0. The Balaban J connectivity index is 1.73. The molecule has 0 unspecified atom stereocenters. The molecule has 0 radical (unpaired) electrons. The lowest BCUT2D eigenvalue weighted by Gasteiger charge is -2.36. The van der Waals surface area contributed by atoms with Gasteiger partial charge in [-0.1, -0.05) is 56.7 Å². The molecule has 122 valence electrons. The molecule has 2 aromatic rings. The van der Waals surface area contributed by atoms with Gasteiger partial charge in [0.05, 0.1) is 5.03 Å². The first-order valence-corrected chi connectivity index (χ1v) is 9.51. The third-order valence-corrected chi connectivity index (χ3v) is 5.30. The van der Waals surface area contributed by atoms with Crippen LogP contribution in [0, 0.1) is 0 Å². The van der Waals surface area contributed by atoms with Crippen molar-refractivity contribution in [2.75, 3.05) is 6.54 Å². The standard InChI is InChI=1S/C20H26N2S/c1-16(2)23-20-12-11-18(14-21-20)19-10-6-7-13-22(19)15-17-8-4-3-5-9-17/h3-5,8-9,11-12,14,16,19H,6-7,10,13,15H2,1-2H3/t19-/m1/s1. The van der Waals surface area contributed by atoms with E-state index in [0.29, 0.717) is 11.3 Å². The maximum atomic E-state index is 4.67. The van der Waals surface area contributed by atoms with E-state index >= 15 is 0 Å². The summed E-state index contributed by atoms with van der Waals surface area (Å²) in [5, 5.41) is 1.71. The Bertz CT molecular complexity index is 595. The molecule has 0 aliphatic carbocycles. The van der Waals surface area contributed by atoms with E-state index in [-0.39, 0.29) is 0 Å². The number of aromatic nitrogens is 1. The summed E-state index contributed by atoms with van der Waals surface area (Å²) in [6.45, 7) is 6.64. The van der Waals surface area contributed by atoms with Crippen molar-refractivity contribution >= 4 is 11.8 Å². The number of thioether (sulfide) groups is 1. The number of benzene rings is 1. The maximum absolute atomic E-state index is 4.67. The fourth-order valence-corrected chi connectivity index (χ4v) is 4.02. The maximum Gasteiger partial charge on any atom is 0.0962 e. The SMILES string of the molecule is CC(C)Sc1ccc([C@H]2CCCCN2Cc2ccccc2)cn1. The van der Waals surface area contributed by atoms with Gasteiger partial charge in [0.2, 0.25) is 0 Å². The zero-order valence-corrected chi connectivity index (χ0v) is 14.9. The van der Waals surface area contributed by atoms with E-state index in [1.165, 1.54) is 36.9 Å². The van der Waals surface area contributed by atoms with Gasteiger partial charge in [0.15, 0.2) is 0 Å². The molecule has 0 spiro atoms. The molecular formula is C20H26N2S. The molecule has 1 aliphatic heterocycles. The third kappa shape index (κ3) is 4.58. The Hall–Kier alpha value is -1.32.